The topological polar surface area (TPSA) is 72.9 Å². The minimum Gasteiger partial charge on any atom is -0.348 e. The molecule has 0 bridgehead atoms. The zero-order chi connectivity index (χ0) is 14.0. The fourth-order valence-electron chi connectivity index (χ4n) is 2.12. The van der Waals surface area contributed by atoms with E-state index in [-0.39, 0.29) is 36.8 Å². The predicted molar refractivity (Wildman–Crippen MR) is 90.1 cm³/mol. The Kier molecular flexibility index (Phi) is 7.71. The summed E-state index contributed by atoms with van der Waals surface area (Å²) in [5, 5.41) is 2.81. The van der Waals surface area contributed by atoms with Crippen LogP contribution in [0.4, 0.5) is 0 Å². The third-order valence-electron chi connectivity index (χ3n) is 3.02. The summed E-state index contributed by atoms with van der Waals surface area (Å²) < 4.78 is 2.14. The first-order valence-corrected chi connectivity index (χ1v) is 6.50. The number of halogens is 2. The van der Waals surface area contributed by atoms with Crippen molar-refractivity contribution in [3.63, 3.8) is 0 Å². The zero-order valence-electron chi connectivity index (χ0n) is 12.4. The van der Waals surface area contributed by atoms with E-state index in [9.17, 15) is 4.79 Å². The average molecular weight is 333 g/mol. The molecule has 2 aromatic rings. The van der Waals surface area contributed by atoms with Crippen molar-refractivity contribution >= 4 is 41.8 Å². The number of benzene rings is 1. The van der Waals surface area contributed by atoms with Crippen molar-refractivity contribution < 1.29 is 4.79 Å². The van der Waals surface area contributed by atoms with Gasteiger partial charge in [-0.2, -0.15) is 0 Å². The van der Waals surface area contributed by atoms with Gasteiger partial charge < -0.3 is 15.6 Å². The van der Waals surface area contributed by atoms with Crippen LogP contribution in [0.1, 0.15) is 32.6 Å². The number of nitrogens with two attached hydrogens (primary N) is 1. The van der Waals surface area contributed by atoms with Crippen LogP contribution in [0.25, 0.3) is 11.0 Å². The summed E-state index contributed by atoms with van der Waals surface area (Å²) in [5.41, 5.74) is 7.57. The highest BCUT2D eigenvalue weighted by molar-refractivity contribution is 5.85. The van der Waals surface area contributed by atoms with Crippen LogP contribution in [0.15, 0.2) is 24.3 Å². The molecule has 0 radical (unpaired) electrons. The maximum absolute atomic E-state index is 11.5. The molecule has 0 aliphatic carbocycles. The minimum atomic E-state index is -0.503. The number of nitrogens with one attached hydrogen (secondary N) is 1. The first-order valence-electron chi connectivity index (χ1n) is 6.50. The van der Waals surface area contributed by atoms with Crippen molar-refractivity contribution in [3.8, 4) is 0 Å². The van der Waals surface area contributed by atoms with Crippen LogP contribution in [0.2, 0.25) is 0 Å². The zero-order valence-corrected chi connectivity index (χ0v) is 14.0. The quantitative estimate of drug-likeness (QED) is 0.902. The molecule has 0 aliphatic rings. The maximum atomic E-state index is 11.5. The van der Waals surface area contributed by atoms with Gasteiger partial charge in [0.1, 0.15) is 5.82 Å². The van der Waals surface area contributed by atoms with Crippen molar-refractivity contribution in [1.29, 1.82) is 0 Å². The van der Waals surface area contributed by atoms with Crippen LogP contribution in [-0.4, -0.2) is 21.5 Å². The van der Waals surface area contributed by atoms with Crippen molar-refractivity contribution in [2.75, 3.05) is 0 Å². The maximum Gasteiger partial charge on any atom is 0.237 e. The molecule has 0 unspecified atom stereocenters. The number of rotatable bonds is 4. The molecule has 2 rings (SSSR count). The molecule has 0 saturated carbocycles. The SMILES string of the molecule is CC(C)n1c(CNC(=O)[C@@H](C)N)nc2ccccc21.Cl.Cl. The van der Waals surface area contributed by atoms with Gasteiger partial charge in [-0.15, -0.1) is 24.8 Å². The Morgan fingerprint density at radius 1 is 1.29 bits per heavy atom. The largest absolute Gasteiger partial charge is 0.348 e. The van der Waals surface area contributed by atoms with E-state index in [0.29, 0.717) is 6.54 Å². The summed E-state index contributed by atoms with van der Waals surface area (Å²) in [6.45, 7) is 6.27. The second kappa shape index (κ2) is 8.22. The van der Waals surface area contributed by atoms with Gasteiger partial charge in [-0.25, -0.2) is 4.98 Å². The van der Waals surface area contributed by atoms with Gasteiger partial charge in [-0.1, -0.05) is 12.1 Å². The smallest absolute Gasteiger partial charge is 0.237 e. The number of carbonyl (C=O) groups excluding carboxylic acids is 1. The highest BCUT2D eigenvalue weighted by Crippen LogP contribution is 2.20. The second-order valence-electron chi connectivity index (χ2n) is 4.99. The molecule has 5 nitrogen and oxygen atoms in total. The number of para-hydroxylation sites is 2. The van der Waals surface area contributed by atoms with Gasteiger partial charge in [0.25, 0.3) is 0 Å². The van der Waals surface area contributed by atoms with E-state index < -0.39 is 6.04 Å². The van der Waals surface area contributed by atoms with Crippen LogP contribution < -0.4 is 11.1 Å². The summed E-state index contributed by atoms with van der Waals surface area (Å²) in [5.74, 6) is 0.688. The van der Waals surface area contributed by atoms with Crippen LogP contribution in [0, 0.1) is 0 Å². The van der Waals surface area contributed by atoms with E-state index in [2.05, 4.69) is 28.7 Å². The van der Waals surface area contributed by atoms with Gasteiger partial charge in [-0.3, -0.25) is 4.79 Å². The first kappa shape index (κ1) is 19.7. The summed E-state index contributed by atoms with van der Waals surface area (Å²) in [6, 6.07) is 7.76. The molecule has 118 valence electrons. The van der Waals surface area contributed by atoms with Gasteiger partial charge in [0, 0.05) is 6.04 Å². The van der Waals surface area contributed by atoms with Gasteiger partial charge in [0.15, 0.2) is 0 Å². The molecule has 1 heterocycles. The molecule has 21 heavy (non-hydrogen) atoms. The van der Waals surface area contributed by atoms with Crippen molar-refractivity contribution in [2.45, 2.75) is 39.4 Å². The minimum absolute atomic E-state index is 0. The highest BCUT2D eigenvalue weighted by atomic mass is 35.5. The second-order valence-corrected chi connectivity index (χ2v) is 4.99. The Balaban J connectivity index is 0.00000200. The van der Waals surface area contributed by atoms with E-state index >= 15 is 0 Å². The summed E-state index contributed by atoms with van der Waals surface area (Å²) in [6.07, 6.45) is 0. The number of carbonyl (C=O) groups is 1. The summed E-state index contributed by atoms with van der Waals surface area (Å²) in [4.78, 5) is 16.1. The summed E-state index contributed by atoms with van der Waals surface area (Å²) >= 11 is 0. The fraction of sp³-hybridized carbons (Fsp3) is 0.429. The van der Waals surface area contributed by atoms with Gasteiger partial charge in [0.2, 0.25) is 5.91 Å². The molecule has 0 fully saturated rings. The highest BCUT2D eigenvalue weighted by Gasteiger charge is 2.14. The lowest BCUT2D eigenvalue weighted by Gasteiger charge is -2.14. The van der Waals surface area contributed by atoms with E-state index in [4.69, 9.17) is 5.73 Å². The number of fused-ring (bicyclic) bond motifs is 1. The van der Waals surface area contributed by atoms with Gasteiger partial charge in [0.05, 0.1) is 23.6 Å². The number of aromatic nitrogens is 2. The van der Waals surface area contributed by atoms with Gasteiger partial charge >= 0.3 is 0 Å². The molecular weight excluding hydrogens is 311 g/mol. The van der Waals surface area contributed by atoms with E-state index in [1.165, 1.54) is 0 Å². The van der Waals surface area contributed by atoms with Gasteiger partial charge in [-0.05, 0) is 32.9 Å². The molecule has 0 spiro atoms. The van der Waals surface area contributed by atoms with Crippen molar-refractivity contribution in [1.82, 2.24) is 14.9 Å². The molecule has 0 aliphatic heterocycles. The fourth-order valence-corrected chi connectivity index (χ4v) is 2.12. The Morgan fingerprint density at radius 3 is 2.48 bits per heavy atom. The van der Waals surface area contributed by atoms with Crippen LogP contribution >= 0.6 is 24.8 Å². The van der Waals surface area contributed by atoms with Crippen molar-refractivity contribution in [3.05, 3.63) is 30.1 Å². The van der Waals surface area contributed by atoms with Crippen LogP contribution in [0.3, 0.4) is 0 Å². The Bertz CT molecular complexity index is 596. The first-order chi connectivity index (χ1) is 9.00. The average Bonchev–Trinajstić information content (AvgIpc) is 2.73. The molecule has 1 atom stereocenters. The number of amides is 1. The summed E-state index contributed by atoms with van der Waals surface area (Å²) in [7, 11) is 0. The third-order valence-corrected chi connectivity index (χ3v) is 3.02. The Hall–Kier alpha value is -1.30. The van der Waals surface area contributed by atoms with Crippen LogP contribution in [0.5, 0.6) is 0 Å². The number of nitrogens with zero attached hydrogens (tertiary/aromatic N) is 2. The number of hydrogen-bond acceptors (Lipinski definition) is 3. The third kappa shape index (κ3) is 4.33. The molecule has 1 aromatic heterocycles. The molecule has 0 saturated heterocycles. The standard InChI is InChI=1S/C14H20N4O.2ClH/c1-9(2)18-12-7-5-4-6-11(12)17-13(18)8-16-14(19)10(3)15;;/h4-7,9-10H,8,15H2,1-3H3,(H,16,19);2*1H/t10-;;/m1../s1. The monoisotopic (exact) mass is 332 g/mol. The van der Waals surface area contributed by atoms with Crippen molar-refractivity contribution in [2.24, 2.45) is 5.73 Å². The number of hydrogen-bond donors (Lipinski definition) is 2. The lowest BCUT2D eigenvalue weighted by atomic mass is 10.3. The molecular formula is C14H22Cl2N4O. The molecule has 1 aromatic carbocycles. The molecule has 7 heteroatoms. The molecule has 1 amide bonds. The normalized spacial score (nSPS) is 11.7. The van der Waals surface area contributed by atoms with Crippen LogP contribution in [-0.2, 0) is 11.3 Å². The predicted octanol–water partition coefficient (Wildman–Crippen LogP) is 2.42. The molecule has 3 N–H and O–H groups in total. The van der Waals surface area contributed by atoms with E-state index in [1.54, 1.807) is 6.92 Å². The lowest BCUT2D eigenvalue weighted by molar-refractivity contribution is -0.122. The van der Waals surface area contributed by atoms with E-state index in [1.807, 2.05) is 24.3 Å². The number of imidazole rings is 1. The Morgan fingerprint density at radius 2 is 1.90 bits per heavy atom. The van der Waals surface area contributed by atoms with E-state index in [0.717, 1.165) is 16.9 Å². The lowest BCUT2D eigenvalue weighted by Crippen LogP contribution is -2.38. The Labute approximate surface area is 137 Å².